The van der Waals surface area contributed by atoms with Crippen molar-refractivity contribution in [3.05, 3.63) is 85.1 Å². The molecule has 0 spiro atoms. The van der Waals surface area contributed by atoms with Gasteiger partial charge in [0, 0.05) is 19.4 Å². The van der Waals surface area contributed by atoms with Gasteiger partial charge in [0.1, 0.15) is 6.61 Å². The average molecular weight is 891 g/mol. The minimum Gasteiger partial charge on any atom is -0.462 e. The van der Waals surface area contributed by atoms with E-state index in [4.69, 9.17) is 14.2 Å². The number of hydrogen-bond donors (Lipinski definition) is 0. The summed E-state index contributed by atoms with van der Waals surface area (Å²) in [6.07, 6.45) is 71.7. The fourth-order valence-electron chi connectivity index (χ4n) is 7.35. The first-order valence-electron chi connectivity index (χ1n) is 27.1. The Hall–Kier alpha value is -2.92. The van der Waals surface area contributed by atoms with Crippen molar-refractivity contribution in [1.29, 1.82) is 0 Å². The van der Waals surface area contributed by atoms with Gasteiger partial charge >= 0.3 is 11.9 Å². The molecule has 0 aromatic carbocycles. The van der Waals surface area contributed by atoms with Gasteiger partial charge in [-0.3, -0.25) is 9.59 Å². The van der Waals surface area contributed by atoms with Gasteiger partial charge in [-0.25, -0.2) is 0 Å². The van der Waals surface area contributed by atoms with Gasteiger partial charge in [0.25, 0.3) is 0 Å². The molecule has 0 aliphatic rings. The van der Waals surface area contributed by atoms with E-state index in [-0.39, 0.29) is 25.2 Å². The Labute approximate surface area is 397 Å². The normalized spacial score (nSPS) is 12.9. The lowest BCUT2D eigenvalue weighted by Gasteiger charge is -2.18. The number of hydrogen-bond acceptors (Lipinski definition) is 5. The summed E-state index contributed by atoms with van der Waals surface area (Å²) in [5.74, 6) is -0.455. The Morgan fingerprint density at radius 3 is 1.20 bits per heavy atom. The van der Waals surface area contributed by atoms with Gasteiger partial charge in [-0.1, -0.05) is 209 Å². The summed E-state index contributed by atoms with van der Waals surface area (Å²) >= 11 is 0. The van der Waals surface area contributed by atoms with Crippen molar-refractivity contribution >= 4 is 11.9 Å². The van der Waals surface area contributed by atoms with Crippen LogP contribution in [-0.2, 0) is 23.8 Å². The number of ether oxygens (including phenoxy) is 3. The Balaban J connectivity index is 4.31. The molecular weight excluding hydrogens is 789 g/mol. The van der Waals surface area contributed by atoms with Crippen molar-refractivity contribution in [2.24, 2.45) is 0 Å². The van der Waals surface area contributed by atoms with E-state index in [9.17, 15) is 9.59 Å². The van der Waals surface area contributed by atoms with Crippen LogP contribution in [0.1, 0.15) is 252 Å². The van der Waals surface area contributed by atoms with Gasteiger partial charge in [-0.05, 0) is 116 Å². The van der Waals surface area contributed by atoms with Crippen LogP contribution in [0.5, 0.6) is 0 Å². The van der Waals surface area contributed by atoms with E-state index in [1.54, 1.807) is 0 Å². The lowest BCUT2D eigenvalue weighted by atomic mass is 10.1. The molecule has 0 aromatic heterocycles. The van der Waals surface area contributed by atoms with E-state index in [1.807, 2.05) is 0 Å². The Bertz CT molecular complexity index is 1190. The molecule has 0 aromatic rings. The van der Waals surface area contributed by atoms with Crippen molar-refractivity contribution in [2.45, 2.75) is 258 Å². The number of carbonyl (C=O) groups is 2. The highest BCUT2D eigenvalue weighted by molar-refractivity contribution is 5.70. The molecule has 5 heteroatoms. The molecule has 0 aliphatic carbocycles. The van der Waals surface area contributed by atoms with Crippen molar-refractivity contribution in [3.8, 4) is 0 Å². The lowest BCUT2D eigenvalue weighted by molar-refractivity contribution is -0.163. The summed E-state index contributed by atoms with van der Waals surface area (Å²) in [5, 5.41) is 0. The minimum atomic E-state index is -0.562. The molecule has 0 amide bonds. The second-order valence-electron chi connectivity index (χ2n) is 17.7. The Kier molecular flexibility index (Phi) is 51.9. The number of rotatable bonds is 49. The molecule has 0 rings (SSSR count). The quantitative estimate of drug-likeness (QED) is 0.0346. The van der Waals surface area contributed by atoms with Crippen molar-refractivity contribution in [3.63, 3.8) is 0 Å². The van der Waals surface area contributed by atoms with Gasteiger partial charge in [-0.15, -0.1) is 0 Å². The zero-order valence-corrected chi connectivity index (χ0v) is 42.3. The molecule has 368 valence electrons. The van der Waals surface area contributed by atoms with E-state index >= 15 is 0 Å². The lowest BCUT2D eigenvalue weighted by Crippen LogP contribution is -2.30. The second kappa shape index (κ2) is 54.4. The molecule has 0 radical (unpaired) electrons. The van der Waals surface area contributed by atoms with Crippen LogP contribution in [0.4, 0.5) is 0 Å². The van der Waals surface area contributed by atoms with Crippen LogP contribution < -0.4 is 0 Å². The van der Waals surface area contributed by atoms with E-state index in [0.29, 0.717) is 19.4 Å². The molecule has 0 aliphatic heterocycles. The molecule has 0 saturated carbocycles. The molecule has 1 unspecified atom stereocenters. The average Bonchev–Trinajstić information content (AvgIpc) is 3.30. The summed E-state index contributed by atoms with van der Waals surface area (Å²) in [6.45, 7) is 7.63. The fraction of sp³-hybridized carbons (Fsp3) is 0.729. The summed E-state index contributed by atoms with van der Waals surface area (Å²) in [4.78, 5) is 25.4. The van der Waals surface area contributed by atoms with Gasteiger partial charge in [0.15, 0.2) is 6.10 Å². The van der Waals surface area contributed by atoms with Crippen LogP contribution in [0, 0.1) is 0 Å². The predicted octanol–water partition coefficient (Wildman–Crippen LogP) is 18.5. The third kappa shape index (κ3) is 51.7. The molecule has 0 bridgehead atoms. The maximum atomic E-state index is 12.8. The smallest absolute Gasteiger partial charge is 0.306 e. The summed E-state index contributed by atoms with van der Waals surface area (Å²) in [7, 11) is 0. The highest BCUT2D eigenvalue weighted by atomic mass is 16.6. The first-order valence-corrected chi connectivity index (χ1v) is 27.1. The molecule has 1 atom stereocenters. The largest absolute Gasteiger partial charge is 0.462 e. The molecule has 0 heterocycles. The maximum Gasteiger partial charge on any atom is 0.306 e. The van der Waals surface area contributed by atoms with Crippen LogP contribution in [0.2, 0.25) is 0 Å². The van der Waals surface area contributed by atoms with Gasteiger partial charge in [0.2, 0.25) is 0 Å². The van der Waals surface area contributed by atoms with Crippen molar-refractivity contribution < 1.29 is 23.8 Å². The number of esters is 2. The monoisotopic (exact) mass is 891 g/mol. The first kappa shape index (κ1) is 61.1. The SMILES string of the molecule is CC/C=C\C/C=C\C/C=C\C/C=C\CCCCC(=O)OCC(COCCCCCCCCCCCC/C=C\C/C=C\CCCCC)OC(=O)CCCCCCC/C=C\CCCCCC. The van der Waals surface area contributed by atoms with Crippen LogP contribution in [0.15, 0.2) is 85.1 Å². The third-order valence-corrected chi connectivity index (χ3v) is 11.4. The number of allylic oxidation sites excluding steroid dienone is 14. The topological polar surface area (TPSA) is 61.8 Å². The van der Waals surface area contributed by atoms with Gasteiger partial charge in [-0.2, -0.15) is 0 Å². The summed E-state index contributed by atoms with van der Waals surface area (Å²) in [6, 6.07) is 0. The van der Waals surface area contributed by atoms with Crippen molar-refractivity contribution in [2.75, 3.05) is 19.8 Å². The van der Waals surface area contributed by atoms with E-state index in [1.165, 1.54) is 128 Å². The zero-order valence-electron chi connectivity index (χ0n) is 42.3. The van der Waals surface area contributed by atoms with E-state index in [0.717, 1.165) is 89.9 Å². The predicted molar refractivity (Wildman–Crippen MR) is 279 cm³/mol. The molecule has 0 N–H and O–H groups in total. The Morgan fingerprint density at radius 1 is 0.359 bits per heavy atom. The molecule has 0 saturated heterocycles. The standard InChI is InChI=1S/C59H102O5/c1-4-7-10-13-16-19-22-25-27-28-29-30-31-33-36-39-42-45-48-51-54-62-55-57(64-59(61)53-50-47-44-41-38-34-24-21-18-15-12-9-6-3)56-63-58(60)52-49-46-43-40-37-35-32-26-23-20-17-14-11-8-5-2/h8,11,16-17,19-21,24-27,32,37,40,57H,4-7,9-10,12-15,18,22-23,28-31,33-36,38-39,41-56H2,1-3H3/b11-8-,19-16-,20-17-,24-21-,27-25-,32-26-,40-37-. The summed E-state index contributed by atoms with van der Waals surface area (Å²) < 4.78 is 17.4. The van der Waals surface area contributed by atoms with E-state index in [2.05, 4.69) is 106 Å². The van der Waals surface area contributed by atoms with E-state index < -0.39 is 6.10 Å². The molecular formula is C59H102O5. The fourth-order valence-corrected chi connectivity index (χ4v) is 7.35. The minimum absolute atomic E-state index is 0.0567. The first-order chi connectivity index (χ1) is 31.6. The van der Waals surface area contributed by atoms with Crippen molar-refractivity contribution in [1.82, 2.24) is 0 Å². The van der Waals surface area contributed by atoms with Crippen LogP contribution in [-0.4, -0.2) is 37.9 Å². The number of unbranched alkanes of at least 4 members (excludes halogenated alkanes) is 24. The summed E-state index contributed by atoms with van der Waals surface area (Å²) in [5.41, 5.74) is 0. The number of carbonyl (C=O) groups excluding carboxylic acids is 2. The van der Waals surface area contributed by atoms with Crippen LogP contribution in [0.25, 0.3) is 0 Å². The highest BCUT2D eigenvalue weighted by Crippen LogP contribution is 2.14. The van der Waals surface area contributed by atoms with Crippen LogP contribution >= 0.6 is 0 Å². The van der Waals surface area contributed by atoms with Gasteiger partial charge < -0.3 is 14.2 Å². The molecule has 64 heavy (non-hydrogen) atoms. The molecule has 5 nitrogen and oxygen atoms in total. The molecule has 0 fully saturated rings. The highest BCUT2D eigenvalue weighted by Gasteiger charge is 2.17. The third-order valence-electron chi connectivity index (χ3n) is 11.4. The maximum absolute atomic E-state index is 12.8. The Morgan fingerprint density at radius 2 is 0.703 bits per heavy atom. The van der Waals surface area contributed by atoms with Crippen LogP contribution in [0.3, 0.4) is 0 Å². The zero-order chi connectivity index (χ0) is 46.3. The van der Waals surface area contributed by atoms with Gasteiger partial charge in [0.05, 0.1) is 6.61 Å². The second-order valence-corrected chi connectivity index (χ2v) is 17.7.